The Morgan fingerprint density at radius 1 is 1.44 bits per heavy atom. The molecule has 1 rings (SSSR count). The molecule has 0 bridgehead atoms. The standard InChI is InChI=1S/C12H25N3O/c1-5-14(6-2)12(13)11-9-15(10(3)4)7-8-16-11/h10-11,13H,5-9H2,1-4H3. The highest BCUT2D eigenvalue weighted by molar-refractivity contribution is 5.84. The highest BCUT2D eigenvalue weighted by Gasteiger charge is 2.27. The minimum absolute atomic E-state index is 0.0453. The van der Waals surface area contributed by atoms with Crippen LogP contribution in [0.15, 0.2) is 0 Å². The quantitative estimate of drug-likeness (QED) is 0.583. The lowest BCUT2D eigenvalue weighted by molar-refractivity contribution is -0.0109. The van der Waals surface area contributed by atoms with Gasteiger partial charge in [0, 0.05) is 32.2 Å². The van der Waals surface area contributed by atoms with Gasteiger partial charge >= 0.3 is 0 Å². The molecule has 0 aliphatic carbocycles. The van der Waals surface area contributed by atoms with Crippen LogP contribution in [0.3, 0.4) is 0 Å². The van der Waals surface area contributed by atoms with E-state index in [-0.39, 0.29) is 6.10 Å². The van der Waals surface area contributed by atoms with Crippen LogP contribution in [0.25, 0.3) is 0 Å². The first-order chi connectivity index (χ1) is 7.60. The number of nitrogens with one attached hydrogen (secondary N) is 1. The zero-order valence-electron chi connectivity index (χ0n) is 11.0. The summed E-state index contributed by atoms with van der Waals surface area (Å²) in [6, 6.07) is 0.538. The molecule has 1 saturated heterocycles. The average Bonchev–Trinajstić information content (AvgIpc) is 2.30. The average molecular weight is 227 g/mol. The molecular weight excluding hydrogens is 202 g/mol. The van der Waals surface area contributed by atoms with Crippen LogP contribution in [0.4, 0.5) is 0 Å². The molecule has 4 nitrogen and oxygen atoms in total. The van der Waals surface area contributed by atoms with Crippen molar-refractivity contribution < 1.29 is 4.74 Å². The number of hydrogen-bond acceptors (Lipinski definition) is 3. The van der Waals surface area contributed by atoms with E-state index < -0.39 is 0 Å². The number of nitrogens with zero attached hydrogens (tertiary/aromatic N) is 2. The van der Waals surface area contributed by atoms with Gasteiger partial charge in [0.25, 0.3) is 0 Å². The summed E-state index contributed by atoms with van der Waals surface area (Å²) < 4.78 is 5.70. The molecule has 1 unspecified atom stereocenters. The minimum atomic E-state index is -0.0453. The Morgan fingerprint density at radius 3 is 2.56 bits per heavy atom. The summed E-state index contributed by atoms with van der Waals surface area (Å²) in [5.74, 6) is 0.635. The zero-order chi connectivity index (χ0) is 12.1. The topological polar surface area (TPSA) is 39.6 Å². The van der Waals surface area contributed by atoms with Gasteiger partial charge < -0.3 is 9.64 Å². The van der Waals surface area contributed by atoms with Crippen molar-refractivity contribution in [1.29, 1.82) is 5.41 Å². The molecule has 0 aromatic heterocycles. The van der Waals surface area contributed by atoms with E-state index in [1.54, 1.807) is 0 Å². The Hall–Kier alpha value is -0.610. The maximum Gasteiger partial charge on any atom is 0.127 e. The fraction of sp³-hybridized carbons (Fsp3) is 0.917. The van der Waals surface area contributed by atoms with Gasteiger partial charge in [0.05, 0.1) is 6.61 Å². The van der Waals surface area contributed by atoms with Crippen molar-refractivity contribution in [2.75, 3.05) is 32.8 Å². The number of hydrogen-bond donors (Lipinski definition) is 1. The number of likely N-dealkylation sites (N-methyl/N-ethyl adjacent to an activating group) is 1. The van der Waals surface area contributed by atoms with Crippen LogP contribution in [0.1, 0.15) is 27.7 Å². The molecule has 1 aliphatic heterocycles. The largest absolute Gasteiger partial charge is 0.368 e. The van der Waals surface area contributed by atoms with E-state index >= 15 is 0 Å². The Labute approximate surface area is 99.1 Å². The van der Waals surface area contributed by atoms with E-state index in [0.29, 0.717) is 11.9 Å². The highest BCUT2D eigenvalue weighted by Crippen LogP contribution is 2.11. The minimum Gasteiger partial charge on any atom is -0.368 e. The second-order valence-electron chi connectivity index (χ2n) is 4.51. The molecule has 4 heteroatoms. The fourth-order valence-corrected chi connectivity index (χ4v) is 2.07. The third kappa shape index (κ3) is 3.19. The molecule has 0 amide bonds. The number of amidine groups is 1. The predicted molar refractivity (Wildman–Crippen MR) is 67.1 cm³/mol. The Kier molecular flexibility index (Phi) is 5.22. The van der Waals surface area contributed by atoms with Crippen molar-refractivity contribution in [2.24, 2.45) is 0 Å². The van der Waals surface area contributed by atoms with Crippen LogP contribution in [-0.4, -0.2) is 60.6 Å². The maximum atomic E-state index is 8.15. The van der Waals surface area contributed by atoms with Gasteiger partial charge in [-0.2, -0.15) is 0 Å². The second kappa shape index (κ2) is 6.21. The SMILES string of the molecule is CCN(CC)C(=N)C1CN(C(C)C)CCO1. The van der Waals surface area contributed by atoms with Crippen molar-refractivity contribution in [1.82, 2.24) is 9.80 Å². The summed E-state index contributed by atoms with van der Waals surface area (Å²) in [4.78, 5) is 4.45. The summed E-state index contributed by atoms with van der Waals surface area (Å²) in [7, 11) is 0. The van der Waals surface area contributed by atoms with Gasteiger partial charge in [0.15, 0.2) is 0 Å². The molecule has 0 aromatic rings. The van der Waals surface area contributed by atoms with E-state index in [0.717, 1.165) is 32.8 Å². The predicted octanol–water partition coefficient (Wildman–Crippen LogP) is 1.41. The van der Waals surface area contributed by atoms with E-state index in [9.17, 15) is 0 Å². The van der Waals surface area contributed by atoms with Crippen molar-refractivity contribution in [3.8, 4) is 0 Å². The first kappa shape index (κ1) is 13.5. The van der Waals surface area contributed by atoms with Crippen molar-refractivity contribution in [2.45, 2.75) is 39.8 Å². The van der Waals surface area contributed by atoms with E-state index in [4.69, 9.17) is 10.1 Å². The van der Waals surface area contributed by atoms with Crippen LogP contribution in [0, 0.1) is 5.41 Å². The third-order valence-electron chi connectivity index (χ3n) is 3.24. The van der Waals surface area contributed by atoms with Gasteiger partial charge in [0.1, 0.15) is 11.9 Å². The van der Waals surface area contributed by atoms with E-state index in [1.165, 1.54) is 0 Å². The summed E-state index contributed by atoms with van der Waals surface area (Å²) in [6.45, 7) is 12.9. The highest BCUT2D eigenvalue weighted by atomic mass is 16.5. The molecule has 0 aromatic carbocycles. The number of morpholine rings is 1. The van der Waals surface area contributed by atoms with Crippen LogP contribution >= 0.6 is 0 Å². The van der Waals surface area contributed by atoms with Crippen LogP contribution in [-0.2, 0) is 4.74 Å². The summed E-state index contributed by atoms with van der Waals surface area (Å²) in [5.41, 5.74) is 0. The number of rotatable bonds is 4. The van der Waals surface area contributed by atoms with Crippen molar-refractivity contribution in [3.63, 3.8) is 0 Å². The molecule has 0 radical (unpaired) electrons. The van der Waals surface area contributed by atoms with Crippen LogP contribution < -0.4 is 0 Å². The smallest absolute Gasteiger partial charge is 0.127 e. The summed E-state index contributed by atoms with van der Waals surface area (Å²) in [5, 5.41) is 8.15. The second-order valence-corrected chi connectivity index (χ2v) is 4.51. The van der Waals surface area contributed by atoms with Gasteiger partial charge in [-0.1, -0.05) is 0 Å². The van der Waals surface area contributed by atoms with Crippen LogP contribution in [0.5, 0.6) is 0 Å². The molecule has 1 N–H and O–H groups in total. The zero-order valence-corrected chi connectivity index (χ0v) is 11.0. The van der Waals surface area contributed by atoms with Gasteiger partial charge in [-0.15, -0.1) is 0 Å². The Morgan fingerprint density at radius 2 is 2.06 bits per heavy atom. The lowest BCUT2D eigenvalue weighted by Gasteiger charge is -2.38. The summed E-state index contributed by atoms with van der Waals surface area (Å²) >= 11 is 0. The molecule has 1 heterocycles. The molecule has 1 fully saturated rings. The fourth-order valence-electron chi connectivity index (χ4n) is 2.07. The van der Waals surface area contributed by atoms with Gasteiger partial charge in [0.2, 0.25) is 0 Å². The Balaban J connectivity index is 2.56. The monoisotopic (exact) mass is 227 g/mol. The van der Waals surface area contributed by atoms with Gasteiger partial charge in [-0.25, -0.2) is 0 Å². The lowest BCUT2D eigenvalue weighted by atomic mass is 10.2. The van der Waals surface area contributed by atoms with Gasteiger partial charge in [-0.3, -0.25) is 10.3 Å². The molecule has 0 spiro atoms. The van der Waals surface area contributed by atoms with Gasteiger partial charge in [-0.05, 0) is 27.7 Å². The Bertz CT molecular complexity index is 226. The molecule has 1 atom stereocenters. The molecular formula is C12H25N3O. The molecule has 0 saturated carbocycles. The third-order valence-corrected chi connectivity index (χ3v) is 3.24. The summed E-state index contributed by atoms with van der Waals surface area (Å²) in [6.07, 6.45) is -0.0453. The molecule has 16 heavy (non-hydrogen) atoms. The first-order valence-corrected chi connectivity index (χ1v) is 6.29. The first-order valence-electron chi connectivity index (χ1n) is 6.29. The lowest BCUT2D eigenvalue weighted by Crippen LogP contribution is -2.52. The maximum absolute atomic E-state index is 8.15. The van der Waals surface area contributed by atoms with E-state index in [2.05, 4.69) is 37.5 Å². The molecule has 1 aliphatic rings. The van der Waals surface area contributed by atoms with Crippen LogP contribution in [0.2, 0.25) is 0 Å². The number of ether oxygens (including phenoxy) is 1. The van der Waals surface area contributed by atoms with Crippen molar-refractivity contribution >= 4 is 5.84 Å². The van der Waals surface area contributed by atoms with E-state index in [1.807, 2.05) is 0 Å². The molecule has 94 valence electrons. The normalized spacial score (nSPS) is 22.4. The van der Waals surface area contributed by atoms with Crippen molar-refractivity contribution in [3.05, 3.63) is 0 Å².